The van der Waals surface area contributed by atoms with Crippen molar-refractivity contribution < 1.29 is 4.79 Å². The molecule has 0 aromatic carbocycles. The Morgan fingerprint density at radius 2 is 1.93 bits per heavy atom. The first-order valence-corrected chi connectivity index (χ1v) is 5.91. The first-order chi connectivity index (χ1) is 6.93. The molecular weight excluding hydrogens is 188 g/mol. The summed E-state index contributed by atoms with van der Waals surface area (Å²) in [6.07, 6.45) is 2.37. The summed E-state index contributed by atoms with van der Waals surface area (Å²) in [7, 11) is 0. The van der Waals surface area contributed by atoms with Gasteiger partial charge in [-0.2, -0.15) is 0 Å². The van der Waals surface area contributed by atoms with Gasteiger partial charge in [0.25, 0.3) is 0 Å². The third-order valence-electron chi connectivity index (χ3n) is 3.50. The minimum atomic E-state index is 0.0857. The summed E-state index contributed by atoms with van der Waals surface area (Å²) in [4.78, 5) is 13.4. The first kappa shape index (κ1) is 12.5. The van der Waals surface area contributed by atoms with Gasteiger partial charge >= 0.3 is 0 Å². The van der Waals surface area contributed by atoms with Crippen LogP contribution in [0.1, 0.15) is 40.5 Å². The van der Waals surface area contributed by atoms with Gasteiger partial charge in [-0.1, -0.05) is 6.92 Å². The van der Waals surface area contributed by atoms with Crippen LogP contribution in [0, 0.1) is 5.41 Å². The second-order valence-corrected chi connectivity index (χ2v) is 5.35. The summed E-state index contributed by atoms with van der Waals surface area (Å²) in [6, 6.07) is 0.648. The molecule has 0 bridgehead atoms. The van der Waals surface area contributed by atoms with E-state index in [9.17, 15) is 4.79 Å². The van der Waals surface area contributed by atoms with Crippen LogP contribution >= 0.6 is 0 Å². The van der Waals surface area contributed by atoms with E-state index in [1.54, 1.807) is 6.92 Å². The molecule has 3 heteroatoms. The molecule has 3 nitrogen and oxygen atoms in total. The lowest BCUT2D eigenvalue weighted by molar-refractivity contribution is -0.119. The standard InChI is InChI=1S/C12H24N2O/c1-10(2)14-7-5-12(4,6-8-14)9-13-11(3)15/h10H,5-9H2,1-4H3,(H,13,15). The molecule has 15 heavy (non-hydrogen) atoms. The fraction of sp³-hybridized carbons (Fsp3) is 0.917. The summed E-state index contributed by atoms with van der Waals surface area (Å²) in [6.45, 7) is 11.5. The molecular formula is C12H24N2O. The number of piperidine rings is 1. The van der Waals surface area contributed by atoms with E-state index in [0.29, 0.717) is 11.5 Å². The number of likely N-dealkylation sites (tertiary alicyclic amines) is 1. The molecule has 0 aromatic rings. The molecule has 0 unspecified atom stereocenters. The maximum absolute atomic E-state index is 10.9. The lowest BCUT2D eigenvalue weighted by Gasteiger charge is -2.41. The monoisotopic (exact) mass is 212 g/mol. The van der Waals surface area contributed by atoms with E-state index in [1.807, 2.05) is 0 Å². The molecule has 0 spiro atoms. The number of hydrogen-bond donors (Lipinski definition) is 1. The van der Waals surface area contributed by atoms with E-state index in [0.717, 1.165) is 19.6 Å². The molecule has 0 saturated carbocycles. The predicted octanol–water partition coefficient (Wildman–Crippen LogP) is 1.63. The summed E-state index contributed by atoms with van der Waals surface area (Å²) in [5.74, 6) is 0.0857. The van der Waals surface area contributed by atoms with Crippen LogP contribution in [0.4, 0.5) is 0 Å². The fourth-order valence-corrected chi connectivity index (χ4v) is 2.09. The van der Waals surface area contributed by atoms with Gasteiger partial charge in [-0.15, -0.1) is 0 Å². The molecule has 1 aliphatic heterocycles. The summed E-state index contributed by atoms with van der Waals surface area (Å²) >= 11 is 0. The van der Waals surface area contributed by atoms with Crippen LogP contribution in [-0.4, -0.2) is 36.5 Å². The van der Waals surface area contributed by atoms with Gasteiger partial charge < -0.3 is 10.2 Å². The summed E-state index contributed by atoms with van der Waals surface area (Å²) < 4.78 is 0. The predicted molar refractivity (Wildman–Crippen MR) is 62.7 cm³/mol. The van der Waals surface area contributed by atoms with Crippen LogP contribution in [0.5, 0.6) is 0 Å². The number of nitrogens with zero attached hydrogens (tertiary/aromatic N) is 1. The zero-order valence-electron chi connectivity index (χ0n) is 10.5. The maximum Gasteiger partial charge on any atom is 0.216 e. The van der Waals surface area contributed by atoms with Crippen LogP contribution in [-0.2, 0) is 4.79 Å². The Hall–Kier alpha value is -0.570. The Labute approximate surface area is 93.2 Å². The van der Waals surface area contributed by atoms with Crippen LogP contribution < -0.4 is 5.32 Å². The van der Waals surface area contributed by atoms with Crippen molar-refractivity contribution in [1.29, 1.82) is 0 Å². The highest BCUT2D eigenvalue weighted by molar-refractivity contribution is 5.72. The van der Waals surface area contributed by atoms with Crippen molar-refractivity contribution in [3.05, 3.63) is 0 Å². The number of carbonyl (C=O) groups excluding carboxylic acids is 1. The van der Waals surface area contributed by atoms with Crippen molar-refractivity contribution in [2.45, 2.75) is 46.6 Å². The highest BCUT2D eigenvalue weighted by Crippen LogP contribution is 2.30. The molecule has 88 valence electrons. The van der Waals surface area contributed by atoms with Gasteiger partial charge in [-0.05, 0) is 45.2 Å². The third kappa shape index (κ3) is 3.82. The molecule has 1 fully saturated rings. The average Bonchev–Trinajstić information content (AvgIpc) is 2.16. The number of rotatable bonds is 3. The zero-order chi connectivity index (χ0) is 11.5. The minimum Gasteiger partial charge on any atom is -0.356 e. The number of carbonyl (C=O) groups is 1. The molecule has 1 rings (SSSR count). The van der Waals surface area contributed by atoms with Gasteiger partial charge in [0.1, 0.15) is 0 Å². The van der Waals surface area contributed by atoms with Crippen molar-refractivity contribution in [2.75, 3.05) is 19.6 Å². The SMILES string of the molecule is CC(=O)NCC1(C)CCN(C(C)C)CC1. The summed E-state index contributed by atoms with van der Waals surface area (Å²) in [5.41, 5.74) is 0.303. The molecule has 1 N–H and O–H groups in total. The average molecular weight is 212 g/mol. The van der Waals surface area contributed by atoms with Gasteiger partial charge in [0.05, 0.1) is 0 Å². The lowest BCUT2D eigenvalue weighted by atomic mass is 9.80. The second kappa shape index (κ2) is 4.97. The molecule has 0 radical (unpaired) electrons. The highest BCUT2D eigenvalue weighted by atomic mass is 16.1. The number of hydrogen-bond acceptors (Lipinski definition) is 2. The minimum absolute atomic E-state index is 0.0857. The third-order valence-corrected chi connectivity index (χ3v) is 3.50. The van der Waals surface area contributed by atoms with Crippen molar-refractivity contribution in [3.8, 4) is 0 Å². The van der Waals surface area contributed by atoms with E-state index in [2.05, 4.69) is 31.0 Å². The Bertz CT molecular complexity index is 218. The van der Waals surface area contributed by atoms with E-state index in [1.165, 1.54) is 12.8 Å². The molecule has 1 heterocycles. The zero-order valence-corrected chi connectivity index (χ0v) is 10.5. The normalized spacial score (nSPS) is 21.7. The Morgan fingerprint density at radius 1 is 1.40 bits per heavy atom. The van der Waals surface area contributed by atoms with Crippen LogP contribution in [0.2, 0.25) is 0 Å². The molecule has 0 aliphatic carbocycles. The van der Waals surface area contributed by atoms with Gasteiger partial charge in [-0.25, -0.2) is 0 Å². The second-order valence-electron chi connectivity index (χ2n) is 5.35. The Kier molecular flexibility index (Phi) is 4.14. The van der Waals surface area contributed by atoms with Gasteiger partial charge in [0.15, 0.2) is 0 Å². The van der Waals surface area contributed by atoms with E-state index in [4.69, 9.17) is 0 Å². The number of nitrogens with one attached hydrogen (secondary N) is 1. The molecule has 1 saturated heterocycles. The molecule has 1 aliphatic rings. The quantitative estimate of drug-likeness (QED) is 0.771. The van der Waals surface area contributed by atoms with Gasteiger partial charge in [0.2, 0.25) is 5.91 Å². The van der Waals surface area contributed by atoms with Crippen molar-refractivity contribution in [2.24, 2.45) is 5.41 Å². The molecule has 0 aromatic heterocycles. The Balaban J connectivity index is 2.37. The van der Waals surface area contributed by atoms with Crippen molar-refractivity contribution in [3.63, 3.8) is 0 Å². The van der Waals surface area contributed by atoms with E-state index >= 15 is 0 Å². The van der Waals surface area contributed by atoms with Gasteiger partial charge in [-0.3, -0.25) is 4.79 Å². The van der Waals surface area contributed by atoms with Crippen LogP contribution in [0.15, 0.2) is 0 Å². The Morgan fingerprint density at radius 3 is 2.33 bits per heavy atom. The molecule has 0 atom stereocenters. The summed E-state index contributed by atoms with van der Waals surface area (Å²) in [5, 5.41) is 2.94. The van der Waals surface area contributed by atoms with Crippen molar-refractivity contribution in [1.82, 2.24) is 10.2 Å². The number of amides is 1. The topological polar surface area (TPSA) is 32.3 Å². The van der Waals surface area contributed by atoms with E-state index in [-0.39, 0.29) is 5.91 Å². The van der Waals surface area contributed by atoms with E-state index < -0.39 is 0 Å². The maximum atomic E-state index is 10.9. The first-order valence-electron chi connectivity index (χ1n) is 5.91. The van der Waals surface area contributed by atoms with Crippen molar-refractivity contribution >= 4 is 5.91 Å². The van der Waals surface area contributed by atoms with Crippen LogP contribution in [0.3, 0.4) is 0 Å². The lowest BCUT2D eigenvalue weighted by Crippen LogP contribution is -2.46. The van der Waals surface area contributed by atoms with Gasteiger partial charge in [0, 0.05) is 19.5 Å². The molecule has 1 amide bonds. The fourth-order valence-electron chi connectivity index (χ4n) is 2.09. The smallest absolute Gasteiger partial charge is 0.216 e. The highest BCUT2D eigenvalue weighted by Gasteiger charge is 2.30. The largest absolute Gasteiger partial charge is 0.356 e. The van der Waals surface area contributed by atoms with Crippen LogP contribution in [0.25, 0.3) is 0 Å².